The first-order chi connectivity index (χ1) is 13.1. The summed E-state index contributed by atoms with van der Waals surface area (Å²) in [5.41, 5.74) is 1.91. The molecule has 0 saturated carbocycles. The van der Waals surface area contributed by atoms with Crippen molar-refractivity contribution in [1.82, 2.24) is 14.9 Å². The third-order valence-corrected chi connectivity index (χ3v) is 5.03. The molecular weight excluding hydrogens is 402 g/mol. The summed E-state index contributed by atoms with van der Waals surface area (Å²) in [6.07, 6.45) is 0. The molecule has 2 aromatic carbocycles. The van der Waals surface area contributed by atoms with Crippen molar-refractivity contribution in [2.75, 3.05) is 36.8 Å². The van der Waals surface area contributed by atoms with Gasteiger partial charge in [0, 0.05) is 35.0 Å². The van der Waals surface area contributed by atoms with Crippen LogP contribution in [0.3, 0.4) is 0 Å². The number of nitrogens with zero attached hydrogens (tertiary/aromatic N) is 3. The van der Waals surface area contributed by atoms with Gasteiger partial charge < -0.3 is 15.5 Å². The lowest BCUT2D eigenvalue weighted by Gasteiger charge is -2.18. The number of aromatic nitrogens is 2. The van der Waals surface area contributed by atoms with E-state index in [2.05, 4.69) is 79.5 Å². The first-order valence-electron chi connectivity index (χ1n) is 9.35. The molecule has 5 nitrogen and oxygen atoms in total. The molecule has 3 aromatic rings. The molecule has 0 radical (unpaired) electrons. The van der Waals surface area contributed by atoms with Gasteiger partial charge in [0.1, 0.15) is 5.82 Å². The number of halogens is 1. The van der Waals surface area contributed by atoms with Crippen molar-refractivity contribution in [2.45, 2.75) is 20.8 Å². The summed E-state index contributed by atoms with van der Waals surface area (Å²) < 4.78 is 1.08. The second kappa shape index (κ2) is 9.15. The number of nitrogens with one attached hydrogen (secondary N) is 2. The molecule has 3 rings (SSSR count). The maximum atomic E-state index is 4.61. The Balaban J connectivity index is 1.71. The fourth-order valence-electron chi connectivity index (χ4n) is 3.02. The van der Waals surface area contributed by atoms with E-state index in [1.165, 1.54) is 10.8 Å². The summed E-state index contributed by atoms with van der Waals surface area (Å²) in [5.74, 6) is 1.46. The van der Waals surface area contributed by atoms with Gasteiger partial charge in [-0.15, -0.1) is 0 Å². The van der Waals surface area contributed by atoms with E-state index in [1.807, 2.05) is 25.1 Å². The average Bonchev–Trinajstić information content (AvgIpc) is 2.65. The van der Waals surface area contributed by atoms with Gasteiger partial charge in [-0.1, -0.05) is 41.9 Å². The van der Waals surface area contributed by atoms with Crippen molar-refractivity contribution in [3.8, 4) is 0 Å². The van der Waals surface area contributed by atoms with Gasteiger partial charge in [0.2, 0.25) is 5.95 Å². The van der Waals surface area contributed by atoms with Crippen molar-refractivity contribution >= 4 is 44.2 Å². The van der Waals surface area contributed by atoms with Crippen LogP contribution in [0.25, 0.3) is 10.8 Å². The number of fused-ring (bicyclic) bond motifs is 1. The van der Waals surface area contributed by atoms with E-state index < -0.39 is 0 Å². The zero-order valence-corrected chi connectivity index (χ0v) is 17.7. The molecule has 2 N–H and O–H groups in total. The van der Waals surface area contributed by atoms with Crippen molar-refractivity contribution in [2.24, 2.45) is 0 Å². The molecule has 0 bridgehead atoms. The molecular formula is C21H26BrN5. The maximum absolute atomic E-state index is 4.61. The van der Waals surface area contributed by atoms with Crippen LogP contribution in [0.1, 0.15) is 19.5 Å². The van der Waals surface area contributed by atoms with Gasteiger partial charge in [-0.2, -0.15) is 4.98 Å². The summed E-state index contributed by atoms with van der Waals surface area (Å²) in [7, 11) is 0. The molecule has 0 aliphatic rings. The van der Waals surface area contributed by atoms with Crippen molar-refractivity contribution in [1.29, 1.82) is 0 Å². The summed E-state index contributed by atoms with van der Waals surface area (Å²) in [4.78, 5) is 11.5. The summed E-state index contributed by atoms with van der Waals surface area (Å²) in [5, 5.41) is 9.11. The predicted octanol–water partition coefficient (Wildman–Crippen LogP) is 5.20. The SMILES string of the molecule is CCN(CC)CCNc1cc(C)nc(Nc2ccc3cc(Br)ccc3c2)n1. The number of benzene rings is 2. The number of likely N-dealkylation sites (N-methyl/N-ethyl adjacent to an activating group) is 1. The summed E-state index contributed by atoms with van der Waals surface area (Å²) in [6.45, 7) is 10.3. The zero-order valence-electron chi connectivity index (χ0n) is 16.1. The zero-order chi connectivity index (χ0) is 19.2. The Labute approximate surface area is 169 Å². The molecule has 1 aromatic heterocycles. The van der Waals surface area contributed by atoms with Crippen LogP contribution in [-0.2, 0) is 0 Å². The monoisotopic (exact) mass is 427 g/mol. The van der Waals surface area contributed by atoms with Gasteiger partial charge in [0.15, 0.2) is 0 Å². The summed E-state index contributed by atoms with van der Waals surface area (Å²) in [6, 6.07) is 14.5. The van der Waals surface area contributed by atoms with E-state index in [0.717, 1.165) is 47.9 Å². The van der Waals surface area contributed by atoms with Crippen LogP contribution < -0.4 is 10.6 Å². The third-order valence-electron chi connectivity index (χ3n) is 4.54. The first kappa shape index (κ1) is 19.6. The lowest BCUT2D eigenvalue weighted by Crippen LogP contribution is -2.28. The highest BCUT2D eigenvalue weighted by atomic mass is 79.9. The largest absolute Gasteiger partial charge is 0.369 e. The molecule has 1 heterocycles. The molecule has 0 saturated heterocycles. The fraction of sp³-hybridized carbons (Fsp3) is 0.333. The van der Waals surface area contributed by atoms with E-state index in [9.17, 15) is 0 Å². The highest BCUT2D eigenvalue weighted by molar-refractivity contribution is 9.10. The Morgan fingerprint density at radius 3 is 2.48 bits per heavy atom. The molecule has 0 unspecified atom stereocenters. The van der Waals surface area contributed by atoms with Crippen molar-refractivity contribution < 1.29 is 0 Å². The molecule has 0 amide bonds. The number of anilines is 3. The van der Waals surface area contributed by atoms with E-state index in [0.29, 0.717) is 5.95 Å². The lowest BCUT2D eigenvalue weighted by atomic mass is 10.1. The third kappa shape index (κ3) is 5.40. The minimum absolute atomic E-state index is 0.608. The Morgan fingerprint density at radius 2 is 1.70 bits per heavy atom. The molecule has 6 heteroatoms. The van der Waals surface area contributed by atoms with Gasteiger partial charge in [-0.3, -0.25) is 0 Å². The van der Waals surface area contributed by atoms with Crippen LogP contribution in [0, 0.1) is 6.92 Å². The van der Waals surface area contributed by atoms with Gasteiger partial charge in [-0.05, 0) is 55.1 Å². The molecule has 0 atom stereocenters. The smallest absolute Gasteiger partial charge is 0.229 e. The van der Waals surface area contributed by atoms with E-state index >= 15 is 0 Å². The van der Waals surface area contributed by atoms with Crippen LogP contribution in [0.15, 0.2) is 46.9 Å². The molecule has 0 fully saturated rings. The molecule has 0 aliphatic heterocycles. The Hall–Kier alpha value is -2.18. The van der Waals surface area contributed by atoms with Crippen molar-refractivity contribution in [3.63, 3.8) is 0 Å². The van der Waals surface area contributed by atoms with Crippen LogP contribution in [0.4, 0.5) is 17.5 Å². The second-order valence-electron chi connectivity index (χ2n) is 6.50. The number of rotatable bonds is 8. The molecule has 0 spiro atoms. The average molecular weight is 428 g/mol. The highest BCUT2D eigenvalue weighted by Gasteiger charge is 2.05. The molecule has 142 valence electrons. The number of hydrogen-bond donors (Lipinski definition) is 2. The van der Waals surface area contributed by atoms with E-state index in [1.54, 1.807) is 0 Å². The number of hydrogen-bond acceptors (Lipinski definition) is 5. The normalized spacial score (nSPS) is 11.1. The topological polar surface area (TPSA) is 53.1 Å². The van der Waals surface area contributed by atoms with Gasteiger partial charge in [-0.25, -0.2) is 4.98 Å². The molecule has 27 heavy (non-hydrogen) atoms. The predicted molar refractivity (Wildman–Crippen MR) is 118 cm³/mol. The van der Waals surface area contributed by atoms with Gasteiger partial charge >= 0.3 is 0 Å². The highest BCUT2D eigenvalue weighted by Crippen LogP contribution is 2.24. The van der Waals surface area contributed by atoms with Crippen LogP contribution >= 0.6 is 15.9 Å². The standard InChI is InChI=1S/C21H26BrN5/c1-4-27(5-2)11-10-23-20-12-15(3)24-21(26-20)25-19-9-7-16-13-18(22)8-6-17(16)14-19/h6-9,12-14H,4-5,10-11H2,1-3H3,(H2,23,24,25,26). The van der Waals surface area contributed by atoms with E-state index in [-0.39, 0.29) is 0 Å². The Bertz CT molecular complexity index is 908. The van der Waals surface area contributed by atoms with Crippen LogP contribution in [0.5, 0.6) is 0 Å². The number of aryl methyl sites for hydroxylation is 1. The van der Waals surface area contributed by atoms with Gasteiger partial charge in [0.05, 0.1) is 0 Å². The van der Waals surface area contributed by atoms with Crippen LogP contribution in [0.2, 0.25) is 0 Å². The second-order valence-corrected chi connectivity index (χ2v) is 7.42. The van der Waals surface area contributed by atoms with Crippen molar-refractivity contribution in [3.05, 3.63) is 52.6 Å². The minimum atomic E-state index is 0.608. The first-order valence-corrected chi connectivity index (χ1v) is 10.1. The summed E-state index contributed by atoms with van der Waals surface area (Å²) >= 11 is 3.51. The fourth-order valence-corrected chi connectivity index (χ4v) is 3.40. The van der Waals surface area contributed by atoms with Gasteiger partial charge in [0.25, 0.3) is 0 Å². The maximum Gasteiger partial charge on any atom is 0.229 e. The minimum Gasteiger partial charge on any atom is -0.369 e. The lowest BCUT2D eigenvalue weighted by molar-refractivity contribution is 0.316. The Morgan fingerprint density at radius 1 is 0.963 bits per heavy atom. The van der Waals surface area contributed by atoms with Crippen LogP contribution in [-0.4, -0.2) is 41.0 Å². The molecule has 0 aliphatic carbocycles. The Kier molecular flexibility index (Phi) is 6.63. The quantitative estimate of drug-likeness (QED) is 0.517. The van der Waals surface area contributed by atoms with E-state index in [4.69, 9.17) is 0 Å².